The number of para-hydroxylation sites is 2. The zero-order chi connectivity index (χ0) is 33.0. The first kappa shape index (κ1) is 28.1. The molecule has 0 spiro atoms. The van der Waals surface area contributed by atoms with E-state index in [0.717, 1.165) is 88.4 Å². The summed E-state index contributed by atoms with van der Waals surface area (Å²) in [5, 5.41) is 23.3. The lowest BCUT2D eigenvalue weighted by Gasteiger charge is -2.13. The summed E-state index contributed by atoms with van der Waals surface area (Å²) in [6.45, 7) is 0. The summed E-state index contributed by atoms with van der Waals surface area (Å²) in [4.78, 5) is 0. The van der Waals surface area contributed by atoms with Crippen LogP contribution in [-0.4, -0.2) is 30.0 Å². The monoisotopic (exact) mass is 640 g/mol. The summed E-state index contributed by atoms with van der Waals surface area (Å²) >= 11 is 0. The fourth-order valence-electron chi connectivity index (χ4n) is 7.26. The predicted octanol–water partition coefficient (Wildman–Crippen LogP) is 10.5. The Labute approximate surface area is 287 Å². The Bertz CT molecular complexity index is 2670. The first-order chi connectivity index (χ1) is 24.8. The first-order valence-corrected chi connectivity index (χ1v) is 16.7. The third kappa shape index (κ3) is 4.50. The Kier molecular flexibility index (Phi) is 6.39. The van der Waals surface area contributed by atoms with E-state index in [0.29, 0.717) is 0 Å². The molecule has 0 fully saturated rings. The zero-order valence-electron chi connectivity index (χ0n) is 26.8. The van der Waals surface area contributed by atoms with Gasteiger partial charge >= 0.3 is 0 Å². The van der Waals surface area contributed by atoms with Crippen molar-refractivity contribution < 1.29 is 0 Å². The van der Waals surface area contributed by atoms with E-state index in [1.54, 1.807) is 0 Å². The van der Waals surface area contributed by atoms with Crippen LogP contribution in [0.2, 0.25) is 0 Å². The van der Waals surface area contributed by atoms with Gasteiger partial charge in [0.2, 0.25) is 0 Å². The van der Waals surface area contributed by atoms with Crippen molar-refractivity contribution in [2.24, 2.45) is 0 Å². The molecule has 0 radical (unpaired) electrons. The lowest BCUT2D eigenvalue weighted by molar-refractivity contribution is 0.824. The van der Waals surface area contributed by atoms with Crippen LogP contribution >= 0.6 is 0 Å². The van der Waals surface area contributed by atoms with E-state index in [9.17, 15) is 0 Å². The van der Waals surface area contributed by atoms with Gasteiger partial charge in [-0.2, -0.15) is 0 Å². The number of nitrogens with zero attached hydrogens (tertiary/aromatic N) is 6. The first-order valence-electron chi connectivity index (χ1n) is 16.7. The molecule has 0 aliphatic rings. The Morgan fingerprint density at radius 3 is 1.20 bits per heavy atom. The molecular weight excluding hydrogens is 613 g/mol. The highest BCUT2D eigenvalue weighted by Gasteiger charge is 2.19. The molecule has 10 rings (SSSR count). The molecule has 2 aromatic heterocycles. The van der Waals surface area contributed by atoms with Crippen LogP contribution in [0, 0.1) is 0 Å². The second-order valence-corrected chi connectivity index (χ2v) is 12.5. The molecule has 0 aliphatic carbocycles. The maximum Gasteiger partial charge on any atom is 0.122 e. The van der Waals surface area contributed by atoms with Crippen molar-refractivity contribution in [2.45, 2.75) is 0 Å². The molecular formula is C44H28N6. The Morgan fingerprint density at radius 1 is 0.340 bits per heavy atom. The molecule has 8 aromatic carbocycles. The number of hydrogen-bond donors (Lipinski definition) is 0. The van der Waals surface area contributed by atoms with Crippen molar-refractivity contribution in [1.82, 2.24) is 30.0 Å². The van der Waals surface area contributed by atoms with E-state index >= 15 is 0 Å². The van der Waals surface area contributed by atoms with Crippen molar-refractivity contribution in [3.8, 4) is 44.8 Å². The zero-order valence-corrected chi connectivity index (χ0v) is 26.8. The third-order valence-corrected chi connectivity index (χ3v) is 9.57. The van der Waals surface area contributed by atoms with Gasteiger partial charge in [-0.3, -0.25) is 0 Å². The van der Waals surface area contributed by atoms with E-state index in [1.165, 1.54) is 0 Å². The smallest absolute Gasteiger partial charge is 0.122 e. The van der Waals surface area contributed by atoms with Gasteiger partial charge in [0.15, 0.2) is 0 Å². The molecule has 10 aromatic rings. The Hall–Kier alpha value is -6.92. The number of benzene rings is 8. The molecule has 0 saturated carbocycles. The maximum absolute atomic E-state index is 4.76. The highest BCUT2D eigenvalue weighted by molar-refractivity contribution is 6.12. The van der Waals surface area contributed by atoms with Gasteiger partial charge in [0, 0.05) is 11.1 Å². The van der Waals surface area contributed by atoms with Gasteiger partial charge in [-0.15, -0.1) is 10.2 Å². The number of aromatic nitrogens is 6. The quantitative estimate of drug-likeness (QED) is 0.188. The molecule has 0 bridgehead atoms. The normalized spacial score (nSPS) is 11.6. The van der Waals surface area contributed by atoms with Gasteiger partial charge in [0.05, 0.1) is 22.4 Å². The third-order valence-electron chi connectivity index (χ3n) is 9.57. The van der Waals surface area contributed by atoms with Gasteiger partial charge < -0.3 is 0 Å². The molecule has 0 amide bonds. The number of hydrogen-bond acceptors (Lipinski definition) is 4. The van der Waals surface area contributed by atoms with E-state index in [2.05, 4.69) is 144 Å². The summed E-state index contributed by atoms with van der Waals surface area (Å²) in [5.41, 5.74) is 12.2. The maximum atomic E-state index is 4.76. The van der Waals surface area contributed by atoms with Gasteiger partial charge in [-0.25, -0.2) is 9.36 Å². The number of fused-ring (bicyclic) bond motifs is 4. The Morgan fingerprint density at radius 2 is 0.740 bits per heavy atom. The van der Waals surface area contributed by atoms with Gasteiger partial charge in [-0.1, -0.05) is 132 Å². The van der Waals surface area contributed by atoms with Crippen LogP contribution in [-0.2, 0) is 0 Å². The summed E-state index contributed by atoms with van der Waals surface area (Å²) in [6, 6.07) is 59.3. The molecule has 0 atom stereocenters. The summed E-state index contributed by atoms with van der Waals surface area (Å²) in [5.74, 6) is 0. The van der Waals surface area contributed by atoms with Crippen LogP contribution in [0.1, 0.15) is 0 Å². The Balaban J connectivity index is 1.14. The minimum Gasteiger partial charge on any atom is -0.213 e. The van der Waals surface area contributed by atoms with Gasteiger partial charge in [0.1, 0.15) is 11.0 Å². The molecule has 0 N–H and O–H groups in total. The van der Waals surface area contributed by atoms with E-state index in [-0.39, 0.29) is 0 Å². The van der Waals surface area contributed by atoms with Crippen molar-refractivity contribution >= 4 is 43.6 Å². The van der Waals surface area contributed by atoms with Crippen LogP contribution < -0.4 is 0 Å². The molecule has 50 heavy (non-hydrogen) atoms. The largest absolute Gasteiger partial charge is 0.213 e. The van der Waals surface area contributed by atoms with Crippen LogP contribution in [0.4, 0.5) is 0 Å². The van der Waals surface area contributed by atoms with E-state index in [4.69, 9.17) is 10.2 Å². The minimum atomic E-state index is 0.873. The second-order valence-electron chi connectivity index (χ2n) is 12.5. The molecule has 234 valence electrons. The van der Waals surface area contributed by atoms with E-state index < -0.39 is 0 Å². The van der Waals surface area contributed by atoms with E-state index in [1.807, 2.05) is 45.8 Å². The van der Waals surface area contributed by atoms with Gasteiger partial charge in [0.25, 0.3) is 0 Å². The predicted molar refractivity (Wildman–Crippen MR) is 203 cm³/mol. The fourth-order valence-corrected chi connectivity index (χ4v) is 7.26. The second kappa shape index (κ2) is 11.4. The lowest BCUT2D eigenvalue weighted by atomic mass is 9.92. The topological polar surface area (TPSA) is 61.4 Å². The minimum absolute atomic E-state index is 0.873. The van der Waals surface area contributed by atoms with Crippen molar-refractivity contribution in [2.75, 3.05) is 0 Å². The summed E-state index contributed by atoms with van der Waals surface area (Å²) < 4.78 is 3.86. The lowest BCUT2D eigenvalue weighted by Crippen LogP contribution is -1.96. The number of rotatable bonds is 5. The van der Waals surface area contributed by atoms with Crippen molar-refractivity contribution in [3.63, 3.8) is 0 Å². The SMILES string of the molecule is c1ccc(-n2nnc3c(-c4cccc(-c5cccc(-c6c7ccccc7cc7c6nnn7-c6ccccc6)c5)c4)c4ccccc4cc32)cc1. The van der Waals surface area contributed by atoms with Crippen molar-refractivity contribution in [1.29, 1.82) is 0 Å². The highest BCUT2D eigenvalue weighted by Crippen LogP contribution is 2.40. The highest BCUT2D eigenvalue weighted by atomic mass is 15.4. The van der Waals surface area contributed by atoms with Crippen LogP contribution in [0.15, 0.2) is 170 Å². The molecule has 0 saturated heterocycles. The molecule has 6 nitrogen and oxygen atoms in total. The fraction of sp³-hybridized carbons (Fsp3) is 0. The van der Waals surface area contributed by atoms with Crippen LogP contribution in [0.3, 0.4) is 0 Å². The van der Waals surface area contributed by atoms with Crippen LogP contribution in [0.5, 0.6) is 0 Å². The summed E-state index contributed by atoms with van der Waals surface area (Å²) in [6.07, 6.45) is 0. The summed E-state index contributed by atoms with van der Waals surface area (Å²) in [7, 11) is 0. The molecule has 2 heterocycles. The molecule has 6 heteroatoms. The standard InChI is InChI=1S/C44H28N6/c1-3-19-35(20-4-1)49-39-27-31-13-7-9-23-37(31)41(43(39)45-47-49)33-17-11-15-29(25-33)30-16-12-18-34(26-30)42-38-24-10-8-14-32(38)28-40-44(42)46-48-50(40)36-21-5-2-6-22-36/h1-28H. The average molecular weight is 641 g/mol. The molecule has 0 aliphatic heterocycles. The van der Waals surface area contributed by atoms with Crippen LogP contribution in [0.25, 0.3) is 88.4 Å². The average Bonchev–Trinajstić information content (AvgIpc) is 3.81. The van der Waals surface area contributed by atoms with Gasteiger partial charge in [-0.05, 0) is 92.3 Å². The van der Waals surface area contributed by atoms with Crippen molar-refractivity contribution in [3.05, 3.63) is 170 Å². The molecule has 0 unspecified atom stereocenters.